The third-order valence-electron chi connectivity index (χ3n) is 3.17. The molecule has 2 amide bonds. The Bertz CT molecular complexity index is 665. The Morgan fingerprint density at radius 1 is 1.05 bits per heavy atom. The van der Waals surface area contributed by atoms with E-state index in [4.69, 9.17) is 11.5 Å². The number of nitrogens with two attached hydrogens (primary N) is 2. The van der Waals surface area contributed by atoms with Gasteiger partial charge in [0.25, 0.3) is 5.91 Å². The van der Waals surface area contributed by atoms with Gasteiger partial charge in [0.05, 0.1) is 11.3 Å². The fourth-order valence-electron chi connectivity index (χ4n) is 1.94. The molecule has 0 aliphatic heterocycles. The number of hydrogen-bond donors (Lipinski definition) is 3. The Kier molecular flexibility index (Phi) is 4.35. The van der Waals surface area contributed by atoms with E-state index in [-0.39, 0.29) is 5.56 Å². The number of benzene rings is 2. The van der Waals surface area contributed by atoms with Gasteiger partial charge in [-0.3, -0.25) is 9.59 Å². The van der Waals surface area contributed by atoms with Crippen molar-refractivity contribution in [2.45, 2.75) is 13.0 Å². The molecule has 21 heavy (non-hydrogen) atoms. The van der Waals surface area contributed by atoms with Crippen molar-refractivity contribution < 1.29 is 9.59 Å². The van der Waals surface area contributed by atoms with Crippen LogP contribution < -0.4 is 16.8 Å². The summed E-state index contributed by atoms with van der Waals surface area (Å²) in [6, 6.07) is 13.1. The van der Waals surface area contributed by atoms with Crippen molar-refractivity contribution in [3.05, 3.63) is 65.2 Å². The first-order valence-corrected chi connectivity index (χ1v) is 6.51. The van der Waals surface area contributed by atoms with E-state index in [0.29, 0.717) is 11.3 Å². The number of amides is 2. The number of carbonyl (C=O) groups excluding carboxylic acids is 2. The molecule has 5 nitrogen and oxygen atoms in total. The first kappa shape index (κ1) is 14.7. The van der Waals surface area contributed by atoms with Crippen molar-refractivity contribution in [1.29, 1.82) is 0 Å². The molecule has 0 saturated carbocycles. The molecular formula is C16H17N3O2. The lowest BCUT2D eigenvalue weighted by Crippen LogP contribution is -2.28. The molecule has 0 heterocycles. The van der Waals surface area contributed by atoms with Gasteiger partial charge in [-0.1, -0.05) is 42.0 Å². The molecule has 2 rings (SSSR count). The van der Waals surface area contributed by atoms with E-state index < -0.39 is 17.9 Å². The second-order valence-corrected chi connectivity index (χ2v) is 4.79. The number of para-hydroxylation sites is 1. The van der Waals surface area contributed by atoms with Crippen molar-refractivity contribution in [2.24, 2.45) is 11.5 Å². The van der Waals surface area contributed by atoms with Gasteiger partial charge in [-0.25, -0.2) is 0 Å². The maximum Gasteiger partial charge on any atom is 0.250 e. The average molecular weight is 283 g/mol. The minimum Gasteiger partial charge on any atom is -0.366 e. The molecule has 0 fully saturated rings. The Morgan fingerprint density at radius 2 is 1.67 bits per heavy atom. The number of carbonyl (C=O) groups is 2. The third-order valence-corrected chi connectivity index (χ3v) is 3.17. The third kappa shape index (κ3) is 3.46. The summed E-state index contributed by atoms with van der Waals surface area (Å²) >= 11 is 0. The van der Waals surface area contributed by atoms with Crippen LogP contribution in [0.3, 0.4) is 0 Å². The Morgan fingerprint density at radius 3 is 2.29 bits per heavy atom. The minimum atomic E-state index is -0.813. The first-order valence-electron chi connectivity index (χ1n) is 6.51. The van der Waals surface area contributed by atoms with Crippen molar-refractivity contribution in [3.8, 4) is 0 Å². The van der Waals surface area contributed by atoms with Crippen LogP contribution in [0.15, 0.2) is 48.5 Å². The summed E-state index contributed by atoms with van der Waals surface area (Å²) in [5.41, 5.74) is 13.6. The van der Waals surface area contributed by atoms with Gasteiger partial charge in [-0.2, -0.15) is 0 Å². The van der Waals surface area contributed by atoms with Crippen LogP contribution in [0, 0.1) is 6.92 Å². The highest BCUT2D eigenvalue weighted by Gasteiger charge is 2.17. The largest absolute Gasteiger partial charge is 0.366 e. The molecule has 0 radical (unpaired) electrons. The van der Waals surface area contributed by atoms with Gasteiger partial charge < -0.3 is 16.8 Å². The molecular weight excluding hydrogens is 266 g/mol. The molecule has 1 unspecified atom stereocenters. The Hall–Kier alpha value is -2.66. The van der Waals surface area contributed by atoms with Crippen LogP contribution in [0.1, 0.15) is 27.5 Å². The van der Waals surface area contributed by atoms with Gasteiger partial charge in [0, 0.05) is 0 Å². The maximum atomic E-state index is 12.2. The maximum absolute atomic E-state index is 12.2. The summed E-state index contributed by atoms with van der Waals surface area (Å²) in [5, 5.41) is 2.64. The van der Waals surface area contributed by atoms with E-state index in [1.165, 1.54) is 0 Å². The number of aryl methyl sites for hydroxylation is 1. The standard InChI is InChI=1S/C16H17N3O2/c1-10-6-8-11(9-7-10)14(17)16(21)19-13-5-3-2-4-12(13)15(18)20/h2-9,14H,17H2,1H3,(H2,18,20)(H,19,21). The smallest absolute Gasteiger partial charge is 0.250 e. The molecule has 5 N–H and O–H groups in total. The summed E-state index contributed by atoms with van der Waals surface area (Å²) in [6.45, 7) is 1.96. The van der Waals surface area contributed by atoms with E-state index in [1.807, 2.05) is 19.1 Å². The zero-order valence-electron chi connectivity index (χ0n) is 11.7. The Labute approximate surface area is 123 Å². The Balaban J connectivity index is 2.18. The van der Waals surface area contributed by atoms with Crippen LogP contribution in [0.4, 0.5) is 5.69 Å². The monoisotopic (exact) mass is 283 g/mol. The molecule has 0 bridgehead atoms. The van der Waals surface area contributed by atoms with Crippen molar-refractivity contribution in [2.75, 3.05) is 5.32 Å². The lowest BCUT2D eigenvalue weighted by atomic mass is 10.0. The van der Waals surface area contributed by atoms with E-state index in [1.54, 1.807) is 36.4 Å². The number of hydrogen-bond acceptors (Lipinski definition) is 3. The SMILES string of the molecule is Cc1ccc(C(N)C(=O)Nc2ccccc2C(N)=O)cc1. The molecule has 0 saturated heterocycles. The highest BCUT2D eigenvalue weighted by atomic mass is 16.2. The van der Waals surface area contributed by atoms with Crippen LogP contribution in [-0.2, 0) is 4.79 Å². The highest BCUT2D eigenvalue weighted by molar-refractivity contribution is 6.04. The lowest BCUT2D eigenvalue weighted by molar-refractivity contribution is -0.117. The number of rotatable bonds is 4. The number of anilines is 1. The predicted octanol–water partition coefficient (Wildman–Crippen LogP) is 1.73. The zero-order valence-corrected chi connectivity index (χ0v) is 11.7. The molecule has 2 aromatic rings. The van der Waals surface area contributed by atoms with Gasteiger partial charge in [-0.05, 0) is 24.6 Å². The van der Waals surface area contributed by atoms with Crippen molar-refractivity contribution in [1.82, 2.24) is 0 Å². The van der Waals surface area contributed by atoms with E-state index in [0.717, 1.165) is 5.56 Å². The minimum absolute atomic E-state index is 0.252. The predicted molar refractivity (Wildman–Crippen MR) is 81.7 cm³/mol. The average Bonchev–Trinajstić information content (AvgIpc) is 2.47. The quantitative estimate of drug-likeness (QED) is 0.797. The zero-order chi connectivity index (χ0) is 15.4. The molecule has 0 aliphatic rings. The van der Waals surface area contributed by atoms with Crippen molar-refractivity contribution >= 4 is 17.5 Å². The second-order valence-electron chi connectivity index (χ2n) is 4.79. The van der Waals surface area contributed by atoms with Gasteiger partial charge in [0.2, 0.25) is 5.91 Å². The summed E-state index contributed by atoms with van der Waals surface area (Å²) in [5.74, 6) is -0.998. The highest BCUT2D eigenvalue weighted by Crippen LogP contribution is 2.18. The summed E-state index contributed by atoms with van der Waals surface area (Å²) in [6.07, 6.45) is 0. The topological polar surface area (TPSA) is 98.2 Å². The van der Waals surface area contributed by atoms with Crippen LogP contribution in [0.25, 0.3) is 0 Å². The van der Waals surface area contributed by atoms with Crippen LogP contribution in [-0.4, -0.2) is 11.8 Å². The van der Waals surface area contributed by atoms with Gasteiger partial charge in [0.15, 0.2) is 0 Å². The van der Waals surface area contributed by atoms with Crippen LogP contribution >= 0.6 is 0 Å². The molecule has 108 valence electrons. The lowest BCUT2D eigenvalue weighted by Gasteiger charge is -2.14. The van der Waals surface area contributed by atoms with Crippen LogP contribution in [0.2, 0.25) is 0 Å². The molecule has 5 heteroatoms. The van der Waals surface area contributed by atoms with Crippen LogP contribution in [0.5, 0.6) is 0 Å². The van der Waals surface area contributed by atoms with Gasteiger partial charge in [-0.15, -0.1) is 0 Å². The molecule has 0 aromatic heterocycles. The van der Waals surface area contributed by atoms with Gasteiger partial charge >= 0.3 is 0 Å². The number of primary amides is 1. The molecule has 0 spiro atoms. The molecule has 1 atom stereocenters. The van der Waals surface area contributed by atoms with E-state index in [9.17, 15) is 9.59 Å². The molecule has 2 aromatic carbocycles. The van der Waals surface area contributed by atoms with Crippen molar-refractivity contribution in [3.63, 3.8) is 0 Å². The summed E-state index contributed by atoms with van der Waals surface area (Å²) < 4.78 is 0. The second kappa shape index (κ2) is 6.19. The molecule has 0 aliphatic carbocycles. The summed E-state index contributed by atoms with van der Waals surface area (Å²) in [4.78, 5) is 23.5. The summed E-state index contributed by atoms with van der Waals surface area (Å²) in [7, 11) is 0. The normalized spacial score (nSPS) is 11.7. The van der Waals surface area contributed by atoms with E-state index in [2.05, 4.69) is 5.32 Å². The van der Waals surface area contributed by atoms with Gasteiger partial charge in [0.1, 0.15) is 6.04 Å². The fourth-order valence-corrected chi connectivity index (χ4v) is 1.94. The number of nitrogens with one attached hydrogen (secondary N) is 1. The van der Waals surface area contributed by atoms with E-state index >= 15 is 0 Å². The first-order chi connectivity index (χ1) is 9.99. The fraction of sp³-hybridized carbons (Fsp3) is 0.125.